The van der Waals surface area contributed by atoms with Gasteiger partial charge in [-0.3, -0.25) is 20.2 Å². The van der Waals surface area contributed by atoms with Crippen molar-refractivity contribution in [1.29, 1.82) is 0 Å². The minimum Gasteiger partial charge on any atom is -0.356 e. The van der Waals surface area contributed by atoms with Crippen LogP contribution in [0.1, 0.15) is 61.1 Å². The number of benzene rings is 6. The summed E-state index contributed by atoms with van der Waals surface area (Å²) in [7, 11) is 0. The van der Waals surface area contributed by atoms with Crippen molar-refractivity contribution in [3.05, 3.63) is 215 Å². The highest BCUT2D eigenvalue weighted by Crippen LogP contribution is 2.40. The minimum atomic E-state index is -0.689. The molecular weight excluding hydrogens is 745 g/mol. The maximum absolute atomic E-state index is 12.6. The van der Waals surface area contributed by atoms with E-state index in [2.05, 4.69) is 122 Å². The summed E-state index contributed by atoms with van der Waals surface area (Å²) in [5.41, 5.74) is 5.07. The molecule has 2 saturated heterocycles. The first kappa shape index (κ1) is 42.2. The molecule has 2 fully saturated rings. The Labute approximate surface area is 354 Å². The van der Waals surface area contributed by atoms with Gasteiger partial charge in [-0.05, 0) is 45.2 Å². The summed E-state index contributed by atoms with van der Waals surface area (Å²) < 4.78 is 12.0. The van der Waals surface area contributed by atoms with Gasteiger partial charge in [0.15, 0.2) is 12.5 Å². The van der Waals surface area contributed by atoms with Crippen LogP contribution in [0.2, 0.25) is 0 Å². The second-order valence-electron chi connectivity index (χ2n) is 16.3. The summed E-state index contributed by atoms with van der Waals surface area (Å²) in [5.74, 6) is 0.697. The normalized spacial score (nSPS) is 18.7. The zero-order valence-corrected chi connectivity index (χ0v) is 34.8. The summed E-state index contributed by atoms with van der Waals surface area (Å²) in [6, 6.07) is 60.8. The lowest BCUT2D eigenvalue weighted by Crippen LogP contribution is -2.72. The van der Waals surface area contributed by atoms with E-state index in [-0.39, 0.29) is 24.3 Å². The zero-order chi connectivity index (χ0) is 42.0. The van der Waals surface area contributed by atoms with Crippen LogP contribution in [0.4, 0.5) is 0 Å². The van der Waals surface area contributed by atoms with Crippen LogP contribution in [0.25, 0.3) is 0 Å². The molecule has 0 aliphatic carbocycles. The third kappa shape index (κ3) is 9.13. The summed E-state index contributed by atoms with van der Waals surface area (Å²) in [6.45, 7) is 9.60. The SMILES string of the molecule is CC(C)COC1NC(=O)C1NC(c1ccccc1)(c1ccccc1)c1ccccc1.CC(C)CO[C@@H]1NC(=O)[C@H]1NC(c1ccccc1)(c1ccccc1)c1ccccc1. The molecule has 0 aromatic heterocycles. The van der Waals surface area contributed by atoms with Crippen molar-refractivity contribution in [2.75, 3.05) is 13.2 Å². The maximum Gasteiger partial charge on any atom is 0.243 e. The molecule has 2 unspecified atom stereocenters. The van der Waals surface area contributed by atoms with E-state index in [4.69, 9.17) is 9.47 Å². The Morgan fingerprint density at radius 1 is 0.417 bits per heavy atom. The Kier molecular flexibility index (Phi) is 13.7. The van der Waals surface area contributed by atoms with Crippen LogP contribution < -0.4 is 21.3 Å². The second-order valence-corrected chi connectivity index (χ2v) is 16.3. The van der Waals surface area contributed by atoms with Gasteiger partial charge in [0.05, 0.1) is 24.3 Å². The summed E-state index contributed by atoms with van der Waals surface area (Å²) in [4.78, 5) is 25.2. The fourth-order valence-corrected chi connectivity index (χ4v) is 7.96. The molecule has 2 aliphatic heterocycles. The van der Waals surface area contributed by atoms with Crippen molar-refractivity contribution in [2.45, 2.75) is 63.3 Å². The molecule has 60 heavy (non-hydrogen) atoms. The van der Waals surface area contributed by atoms with E-state index >= 15 is 0 Å². The molecule has 6 aromatic carbocycles. The van der Waals surface area contributed by atoms with Crippen LogP contribution in [0.3, 0.4) is 0 Å². The molecule has 0 bridgehead atoms. The Hall–Kier alpha value is -5.90. The average molecular weight is 801 g/mol. The van der Waals surface area contributed by atoms with Gasteiger partial charge in [0.2, 0.25) is 11.8 Å². The largest absolute Gasteiger partial charge is 0.356 e. The lowest BCUT2D eigenvalue weighted by atomic mass is 9.76. The Balaban J connectivity index is 0.000000181. The van der Waals surface area contributed by atoms with Gasteiger partial charge in [0.25, 0.3) is 0 Å². The van der Waals surface area contributed by atoms with Crippen molar-refractivity contribution < 1.29 is 19.1 Å². The Bertz CT molecular complexity index is 1890. The van der Waals surface area contributed by atoms with Crippen molar-refractivity contribution in [1.82, 2.24) is 21.3 Å². The number of ether oxygens (including phenoxy) is 2. The predicted octanol–water partition coefficient (Wildman–Crippen LogP) is 8.13. The van der Waals surface area contributed by atoms with Crippen molar-refractivity contribution >= 4 is 11.8 Å². The number of β-lactam (4-membered cyclic amide) rings is 2. The van der Waals surface area contributed by atoms with Gasteiger partial charge in [0, 0.05) is 0 Å². The molecule has 8 rings (SSSR count). The maximum atomic E-state index is 12.6. The first-order chi connectivity index (χ1) is 29.2. The molecule has 4 atom stereocenters. The molecule has 4 N–H and O–H groups in total. The smallest absolute Gasteiger partial charge is 0.243 e. The lowest BCUT2D eigenvalue weighted by molar-refractivity contribution is -0.150. The number of amides is 2. The van der Waals surface area contributed by atoms with Crippen LogP contribution in [-0.2, 0) is 30.1 Å². The van der Waals surface area contributed by atoms with Gasteiger partial charge >= 0.3 is 0 Å². The Morgan fingerprint density at radius 2 is 0.633 bits per heavy atom. The van der Waals surface area contributed by atoms with Crippen LogP contribution in [0.15, 0.2) is 182 Å². The molecule has 0 saturated carbocycles. The van der Waals surface area contributed by atoms with E-state index in [9.17, 15) is 9.59 Å². The topological polar surface area (TPSA) is 101 Å². The molecule has 0 radical (unpaired) electrons. The monoisotopic (exact) mass is 800 g/mol. The fraction of sp³-hybridized carbons (Fsp3) is 0.269. The number of hydrogen-bond donors (Lipinski definition) is 4. The van der Waals surface area contributed by atoms with Gasteiger partial charge < -0.3 is 20.1 Å². The molecule has 2 aliphatic rings. The van der Waals surface area contributed by atoms with E-state index < -0.39 is 23.2 Å². The van der Waals surface area contributed by atoms with Crippen molar-refractivity contribution in [3.8, 4) is 0 Å². The van der Waals surface area contributed by atoms with Gasteiger partial charge in [-0.25, -0.2) is 0 Å². The average Bonchev–Trinajstić information content (AvgIpc) is 3.29. The molecule has 2 amide bonds. The van der Waals surface area contributed by atoms with Crippen LogP contribution in [-0.4, -0.2) is 49.6 Å². The van der Waals surface area contributed by atoms with Crippen LogP contribution >= 0.6 is 0 Å². The quantitative estimate of drug-likeness (QED) is 0.0583. The molecule has 308 valence electrons. The van der Waals surface area contributed by atoms with Gasteiger partial charge in [-0.1, -0.05) is 210 Å². The van der Waals surface area contributed by atoms with E-state index in [1.165, 1.54) is 0 Å². The lowest BCUT2D eigenvalue weighted by Gasteiger charge is -2.45. The summed E-state index contributed by atoms with van der Waals surface area (Å²) in [6.07, 6.45) is -0.703. The summed E-state index contributed by atoms with van der Waals surface area (Å²) >= 11 is 0. The van der Waals surface area contributed by atoms with Crippen molar-refractivity contribution in [2.24, 2.45) is 11.8 Å². The van der Waals surface area contributed by atoms with Crippen molar-refractivity contribution in [3.63, 3.8) is 0 Å². The Morgan fingerprint density at radius 3 is 0.817 bits per heavy atom. The van der Waals surface area contributed by atoms with E-state index in [1.54, 1.807) is 0 Å². The van der Waals surface area contributed by atoms with Gasteiger partial charge in [0.1, 0.15) is 12.1 Å². The highest BCUT2D eigenvalue weighted by atomic mass is 16.5. The highest BCUT2D eigenvalue weighted by molar-refractivity contribution is 5.89. The third-order valence-corrected chi connectivity index (χ3v) is 10.9. The minimum absolute atomic E-state index is 0.0454. The number of hydrogen-bond acceptors (Lipinski definition) is 6. The number of rotatable bonds is 16. The summed E-state index contributed by atoms with van der Waals surface area (Å²) in [5, 5.41) is 13.2. The predicted molar refractivity (Wildman–Crippen MR) is 238 cm³/mol. The standard InChI is InChI=1S/2C26H28N2O2/c2*1-19(2)18-30-25-23(24(29)27-25)28-26(20-12-6-3-7-13-20,21-14-8-4-9-15-21)22-16-10-5-11-17-22/h2*3-17,19,23,25,28H,18H2,1-2H3,(H,27,29)/t23-,25+;/m1./s1. The highest BCUT2D eigenvalue weighted by Gasteiger charge is 2.49. The molecular formula is C52H56N4O4. The molecule has 6 aromatic rings. The second kappa shape index (κ2) is 19.4. The van der Waals surface area contributed by atoms with E-state index in [0.29, 0.717) is 25.0 Å². The third-order valence-electron chi connectivity index (χ3n) is 10.9. The molecule has 8 heteroatoms. The first-order valence-electron chi connectivity index (χ1n) is 20.9. The molecule has 2 heterocycles. The van der Waals surface area contributed by atoms with Crippen LogP contribution in [0, 0.1) is 11.8 Å². The fourth-order valence-electron chi connectivity index (χ4n) is 7.96. The first-order valence-corrected chi connectivity index (χ1v) is 20.9. The number of carbonyl (C=O) groups is 2. The zero-order valence-electron chi connectivity index (χ0n) is 34.8. The van der Waals surface area contributed by atoms with Gasteiger partial charge in [-0.2, -0.15) is 0 Å². The van der Waals surface area contributed by atoms with Gasteiger partial charge in [-0.15, -0.1) is 0 Å². The number of nitrogens with one attached hydrogen (secondary N) is 4. The molecule has 8 nitrogen and oxygen atoms in total. The van der Waals surface area contributed by atoms with Crippen LogP contribution in [0.5, 0.6) is 0 Å². The van der Waals surface area contributed by atoms with E-state index in [1.807, 2.05) is 109 Å². The molecule has 0 spiro atoms. The van der Waals surface area contributed by atoms with E-state index in [0.717, 1.165) is 33.4 Å². The number of carbonyl (C=O) groups excluding carboxylic acids is 2.